The Bertz CT molecular complexity index is 749. The molecule has 4 heterocycles. The Kier molecular flexibility index (Phi) is 6.86. The number of carbonyl (C=O) groups is 1. The zero-order chi connectivity index (χ0) is 17.9. The van der Waals surface area contributed by atoms with Gasteiger partial charge in [-0.2, -0.15) is 5.10 Å². The zero-order valence-electron chi connectivity index (χ0n) is 15.6. The van der Waals surface area contributed by atoms with Gasteiger partial charge in [0.05, 0.1) is 16.7 Å². The third-order valence-electron chi connectivity index (χ3n) is 5.18. The lowest BCUT2D eigenvalue weighted by Gasteiger charge is -2.34. The number of aromatic nitrogens is 3. The first-order chi connectivity index (χ1) is 12.7. The molecule has 2 aromatic rings. The minimum absolute atomic E-state index is 0. The molecule has 9 heteroatoms. The van der Waals surface area contributed by atoms with Gasteiger partial charge in [0.15, 0.2) is 0 Å². The summed E-state index contributed by atoms with van der Waals surface area (Å²) in [6.45, 7) is 8.19. The van der Waals surface area contributed by atoms with Crippen LogP contribution in [0.25, 0.3) is 0 Å². The van der Waals surface area contributed by atoms with Crippen molar-refractivity contribution in [3.8, 4) is 0 Å². The van der Waals surface area contributed by atoms with Crippen molar-refractivity contribution in [3.63, 3.8) is 0 Å². The average Bonchev–Trinajstić information content (AvgIpc) is 3.32. The topological polar surface area (TPSA) is 66.3 Å². The van der Waals surface area contributed by atoms with Gasteiger partial charge in [-0.25, -0.2) is 4.98 Å². The number of hydrogen-bond acceptors (Lipinski definition) is 6. The zero-order valence-corrected chi connectivity index (χ0v) is 17.3. The molecule has 27 heavy (non-hydrogen) atoms. The largest absolute Gasteiger partial charge is 0.335 e. The highest BCUT2D eigenvalue weighted by Crippen LogP contribution is 2.17. The molecule has 0 aromatic carbocycles. The third kappa shape index (κ3) is 4.87. The number of piperidine rings is 1. The molecule has 4 rings (SSSR count). The van der Waals surface area contributed by atoms with Crippen LogP contribution in [-0.4, -0.2) is 69.7 Å². The second kappa shape index (κ2) is 9.14. The fourth-order valence-electron chi connectivity index (χ4n) is 3.70. The van der Waals surface area contributed by atoms with Crippen molar-refractivity contribution >= 4 is 29.7 Å². The number of halogens is 1. The van der Waals surface area contributed by atoms with Crippen LogP contribution in [0.1, 0.15) is 40.1 Å². The highest BCUT2D eigenvalue weighted by atomic mass is 35.5. The first kappa shape index (κ1) is 20.3. The van der Waals surface area contributed by atoms with E-state index < -0.39 is 0 Å². The second-order valence-electron chi connectivity index (χ2n) is 7.11. The van der Waals surface area contributed by atoms with E-state index in [1.54, 1.807) is 11.3 Å². The molecule has 1 unspecified atom stereocenters. The quantitative estimate of drug-likeness (QED) is 0.834. The van der Waals surface area contributed by atoms with E-state index in [2.05, 4.69) is 25.7 Å². The fourth-order valence-corrected chi connectivity index (χ4v) is 4.30. The molecule has 1 N–H and O–H groups in total. The number of piperazine rings is 1. The maximum absolute atomic E-state index is 12.8. The van der Waals surface area contributed by atoms with Gasteiger partial charge < -0.3 is 10.2 Å². The predicted octanol–water partition coefficient (Wildman–Crippen LogP) is 1.95. The maximum Gasteiger partial charge on any atom is 0.274 e. The molecule has 2 saturated heterocycles. The van der Waals surface area contributed by atoms with Crippen LogP contribution >= 0.6 is 23.7 Å². The van der Waals surface area contributed by atoms with Crippen molar-refractivity contribution < 1.29 is 4.79 Å². The van der Waals surface area contributed by atoms with E-state index in [0.717, 1.165) is 69.4 Å². The van der Waals surface area contributed by atoms with Gasteiger partial charge in [-0.05, 0) is 32.4 Å². The lowest BCUT2D eigenvalue weighted by Crippen LogP contribution is -2.48. The number of aryl methyl sites for hydroxylation is 1. The molecule has 2 aliphatic heterocycles. The van der Waals surface area contributed by atoms with E-state index in [1.807, 2.05) is 28.8 Å². The Balaban J connectivity index is 0.00000210. The van der Waals surface area contributed by atoms with E-state index in [-0.39, 0.29) is 18.3 Å². The summed E-state index contributed by atoms with van der Waals surface area (Å²) >= 11 is 1.69. The van der Waals surface area contributed by atoms with Crippen molar-refractivity contribution in [2.24, 2.45) is 0 Å². The fraction of sp³-hybridized carbons (Fsp3) is 0.611. The summed E-state index contributed by atoms with van der Waals surface area (Å²) in [6, 6.07) is 2.23. The molecule has 1 atom stereocenters. The van der Waals surface area contributed by atoms with Crippen molar-refractivity contribution in [1.82, 2.24) is 29.9 Å². The van der Waals surface area contributed by atoms with E-state index in [4.69, 9.17) is 0 Å². The smallest absolute Gasteiger partial charge is 0.274 e. The van der Waals surface area contributed by atoms with Crippen LogP contribution < -0.4 is 5.32 Å². The summed E-state index contributed by atoms with van der Waals surface area (Å²) in [4.78, 5) is 21.6. The molecule has 2 aliphatic rings. The predicted molar refractivity (Wildman–Crippen MR) is 109 cm³/mol. The summed E-state index contributed by atoms with van der Waals surface area (Å²) in [6.07, 6.45) is 4.23. The summed E-state index contributed by atoms with van der Waals surface area (Å²) in [5, 5.41) is 11.2. The van der Waals surface area contributed by atoms with E-state index in [1.165, 1.54) is 0 Å². The standard InChI is InChI=1S/C18H26N6OS.ClH/c1-14-20-15(13-26-14)12-22-7-9-23(10-8-22)18(25)17-4-6-24(21-17)16-3-2-5-19-11-16;/h4,6,13,16,19H,2-3,5,7-12H2,1H3;1H. The maximum atomic E-state index is 12.8. The van der Waals surface area contributed by atoms with Crippen molar-refractivity contribution in [3.05, 3.63) is 34.0 Å². The van der Waals surface area contributed by atoms with Gasteiger partial charge in [-0.1, -0.05) is 0 Å². The van der Waals surface area contributed by atoms with Crippen LogP contribution in [0.15, 0.2) is 17.6 Å². The summed E-state index contributed by atoms with van der Waals surface area (Å²) in [5.74, 6) is 0.0525. The van der Waals surface area contributed by atoms with Crippen LogP contribution in [0.3, 0.4) is 0 Å². The van der Waals surface area contributed by atoms with Crippen LogP contribution in [0.4, 0.5) is 0 Å². The van der Waals surface area contributed by atoms with Gasteiger partial charge in [0.2, 0.25) is 0 Å². The van der Waals surface area contributed by atoms with Gasteiger partial charge >= 0.3 is 0 Å². The monoisotopic (exact) mass is 410 g/mol. The van der Waals surface area contributed by atoms with E-state index in [0.29, 0.717) is 11.7 Å². The molecule has 0 saturated carbocycles. The van der Waals surface area contributed by atoms with Gasteiger partial charge in [0.25, 0.3) is 5.91 Å². The molecular weight excluding hydrogens is 384 g/mol. The van der Waals surface area contributed by atoms with E-state index >= 15 is 0 Å². The van der Waals surface area contributed by atoms with Gasteiger partial charge in [-0.15, -0.1) is 23.7 Å². The molecule has 2 aromatic heterocycles. The minimum atomic E-state index is 0. The minimum Gasteiger partial charge on any atom is -0.335 e. The lowest BCUT2D eigenvalue weighted by molar-refractivity contribution is 0.0620. The Hall–Kier alpha value is -1.48. The van der Waals surface area contributed by atoms with E-state index in [9.17, 15) is 4.79 Å². The summed E-state index contributed by atoms with van der Waals surface area (Å²) in [5.41, 5.74) is 1.70. The molecule has 7 nitrogen and oxygen atoms in total. The first-order valence-electron chi connectivity index (χ1n) is 9.37. The van der Waals surface area contributed by atoms with Crippen LogP contribution in [0.2, 0.25) is 0 Å². The Morgan fingerprint density at radius 1 is 1.33 bits per heavy atom. The molecule has 2 fully saturated rings. The summed E-state index contributed by atoms with van der Waals surface area (Å²) < 4.78 is 1.96. The number of rotatable bonds is 4. The highest BCUT2D eigenvalue weighted by molar-refractivity contribution is 7.09. The SMILES string of the molecule is Cc1nc(CN2CCN(C(=O)c3ccn(C4CCCNC4)n3)CC2)cs1.Cl. The van der Waals surface area contributed by atoms with Crippen molar-refractivity contribution in [2.75, 3.05) is 39.3 Å². The number of amides is 1. The first-order valence-corrected chi connectivity index (χ1v) is 10.3. The normalized spacial score (nSPS) is 21.1. The number of nitrogens with zero attached hydrogens (tertiary/aromatic N) is 5. The lowest BCUT2D eigenvalue weighted by atomic mass is 10.1. The van der Waals surface area contributed by atoms with Crippen LogP contribution in [0.5, 0.6) is 0 Å². The number of nitrogens with one attached hydrogen (secondary N) is 1. The second-order valence-corrected chi connectivity index (χ2v) is 8.17. The van der Waals surface area contributed by atoms with Crippen LogP contribution in [0, 0.1) is 6.92 Å². The Labute approximate surface area is 170 Å². The molecule has 0 spiro atoms. The van der Waals surface area contributed by atoms with Gasteiger partial charge in [-0.3, -0.25) is 14.4 Å². The molecular formula is C18H27ClN6OS. The molecule has 1 amide bonds. The molecule has 0 radical (unpaired) electrons. The van der Waals surface area contributed by atoms with Crippen molar-refractivity contribution in [2.45, 2.75) is 32.4 Å². The summed E-state index contributed by atoms with van der Waals surface area (Å²) in [7, 11) is 0. The average molecular weight is 411 g/mol. The number of carbonyl (C=O) groups excluding carboxylic acids is 1. The Morgan fingerprint density at radius 3 is 2.81 bits per heavy atom. The van der Waals surface area contributed by atoms with Crippen molar-refractivity contribution in [1.29, 1.82) is 0 Å². The number of hydrogen-bond donors (Lipinski definition) is 1. The number of thiazole rings is 1. The molecule has 148 valence electrons. The Morgan fingerprint density at radius 2 is 2.15 bits per heavy atom. The molecule has 0 bridgehead atoms. The molecule has 0 aliphatic carbocycles. The van der Waals surface area contributed by atoms with Gasteiger partial charge in [0.1, 0.15) is 5.69 Å². The highest BCUT2D eigenvalue weighted by Gasteiger charge is 2.25. The van der Waals surface area contributed by atoms with Crippen LogP contribution in [-0.2, 0) is 6.54 Å². The third-order valence-corrected chi connectivity index (χ3v) is 6.01. The van der Waals surface area contributed by atoms with Gasteiger partial charge in [0, 0.05) is 50.8 Å².